The van der Waals surface area contributed by atoms with E-state index in [4.69, 9.17) is 4.52 Å². The Hall–Kier alpha value is -1.50. The van der Waals surface area contributed by atoms with Gasteiger partial charge in [0.2, 0.25) is 11.8 Å². The van der Waals surface area contributed by atoms with Gasteiger partial charge in [0.25, 0.3) is 0 Å². The van der Waals surface area contributed by atoms with Gasteiger partial charge < -0.3 is 15.2 Å². The maximum Gasteiger partial charge on any atom is 0.243 e. The van der Waals surface area contributed by atoms with E-state index in [1.54, 1.807) is 0 Å². The number of amides is 2. The average Bonchev–Trinajstić information content (AvgIpc) is 2.87. The largest absolute Gasteiger partial charge is 0.359 e. The Balaban J connectivity index is 1.83. The van der Waals surface area contributed by atoms with Crippen LogP contribution in [0.25, 0.3) is 0 Å². The molecule has 2 amide bonds. The van der Waals surface area contributed by atoms with E-state index in [0.29, 0.717) is 11.5 Å². The van der Waals surface area contributed by atoms with Gasteiger partial charge in [-0.25, -0.2) is 0 Å². The number of aryl methyl sites for hydroxylation is 1. The summed E-state index contributed by atoms with van der Waals surface area (Å²) in [7, 11) is 0. The van der Waals surface area contributed by atoms with Crippen molar-refractivity contribution in [2.24, 2.45) is 0 Å². The van der Waals surface area contributed by atoms with Gasteiger partial charge in [0.15, 0.2) is 5.76 Å². The van der Waals surface area contributed by atoms with E-state index in [9.17, 15) is 9.59 Å². The summed E-state index contributed by atoms with van der Waals surface area (Å²) in [6.07, 6.45) is 1.86. The molecule has 0 spiro atoms. The van der Waals surface area contributed by atoms with Gasteiger partial charge in [0.1, 0.15) is 6.04 Å². The van der Waals surface area contributed by atoms with Crippen LogP contribution in [0.5, 0.6) is 0 Å². The lowest BCUT2D eigenvalue weighted by Crippen LogP contribution is -2.56. The minimum absolute atomic E-state index is 0.108. The molecule has 1 aromatic rings. The van der Waals surface area contributed by atoms with Crippen molar-refractivity contribution in [1.82, 2.24) is 15.8 Å². The van der Waals surface area contributed by atoms with Crippen LogP contribution < -0.4 is 10.6 Å². The Bertz CT molecular complexity index is 527. The third kappa shape index (κ3) is 4.00. The van der Waals surface area contributed by atoms with Gasteiger partial charge in [0.05, 0.1) is 17.0 Å². The average molecular weight is 311 g/mol. The molecule has 21 heavy (non-hydrogen) atoms. The van der Waals surface area contributed by atoms with Crippen LogP contribution in [0.3, 0.4) is 0 Å². The van der Waals surface area contributed by atoms with Crippen molar-refractivity contribution in [3.8, 4) is 0 Å². The fourth-order valence-electron chi connectivity index (χ4n) is 1.98. The highest BCUT2D eigenvalue weighted by Crippen LogP contribution is 2.28. The van der Waals surface area contributed by atoms with E-state index in [0.717, 1.165) is 18.5 Å². The summed E-state index contributed by atoms with van der Waals surface area (Å²) < 4.78 is 4.68. The number of hydrogen-bond donors (Lipinski definition) is 2. The molecule has 6 nitrogen and oxygen atoms in total. The Morgan fingerprint density at radius 3 is 3.05 bits per heavy atom. The summed E-state index contributed by atoms with van der Waals surface area (Å²) in [5.74, 6) is 0.896. The van der Waals surface area contributed by atoms with Crippen molar-refractivity contribution in [3.05, 3.63) is 17.5 Å². The second-order valence-corrected chi connectivity index (χ2v) is 7.24. The molecule has 2 N–H and O–H groups in total. The SMILES string of the molecule is CCCc1cc(CNC(=O)[C@H]2CSC(C)(C)C(=O)N2)on1. The first-order valence-corrected chi connectivity index (χ1v) is 8.08. The highest BCUT2D eigenvalue weighted by atomic mass is 32.2. The summed E-state index contributed by atoms with van der Waals surface area (Å²) in [5, 5.41) is 9.45. The quantitative estimate of drug-likeness (QED) is 0.855. The normalized spacial score (nSPS) is 20.9. The van der Waals surface area contributed by atoms with Crippen molar-refractivity contribution < 1.29 is 14.1 Å². The molecule has 1 aromatic heterocycles. The highest BCUT2D eigenvalue weighted by Gasteiger charge is 2.37. The summed E-state index contributed by atoms with van der Waals surface area (Å²) in [6.45, 7) is 6.06. The van der Waals surface area contributed by atoms with Gasteiger partial charge in [-0.1, -0.05) is 18.5 Å². The van der Waals surface area contributed by atoms with E-state index in [-0.39, 0.29) is 18.4 Å². The Labute approximate surface area is 128 Å². The van der Waals surface area contributed by atoms with Crippen LogP contribution >= 0.6 is 11.8 Å². The van der Waals surface area contributed by atoms with Gasteiger partial charge in [0, 0.05) is 11.8 Å². The smallest absolute Gasteiger partial charge is 0.243 e. The zero-order chi connectivity index (χ0) is 15.5. The zero-order valence-corrected chi connectivity index (χ0v) is 13.4. The van der Waals surface area contributed by atoms with E-state index in [2.05, 4.69) is 22.7 Å². The van der Waals surface area contributed by atoms with Gasteiger partial charge in [-0.3, -0.25) is 9.59 Å². The lowest BCUT2D eigenvalue weighted by Gasteiger charge is -2.32. The molecule has 0 aromatic carbocycles. The number of rotatable bonds is 5. The predicted molar refractivity (Wildman–Crippen MR) is 80.8 cm³/mol. The lowest BCUT2D eigenvalue weighted by molar-refractivity contribution is -0.129. The van der Waals surface area contributed by atoms with Gasteiger partial charge in [-0.2, -0.15) is 0 Å². The number of hydrogen-bond acceptors (Lipinski definition) is 5. The first-order valence-electron chi connectivity index (χ1n) is 7.09. The number of carbonyl (C=O) groups excluding carboxylic acids is 2. The molecular weight excluding hydrogens is 290 g/mol. The first-order chi connectivity index (χ1) is 9.92. The highest BCUT2D eigenvalue weighted by molar-refractivity contribution is 8.01. The Kier molecular flexibility index (Phi) is 4.92. The van der Waals surface area contributed by atoms with Crippen LogP contribution in [0.1, 0.15) is 38.6 Å². The second kappa shape index (κ2) is 6.51. The van der Waals surface area contributed by atoms with Crippen molar-refractivity contribution in [2.75, 3.05) is 5.75 Å². The lowest BCUT2D eigenvalue weighted by atomic mass is 10.1. The minimum atomic E-state index is -0.492. The second-order valence-electron chi connectivity index (χ2n) is 5.60. The Morgan fingerprint density at radius 2 is 2.38 bits per heavy atom. The fraction of sp³-hybridized carbons (Fsp3) is 0.643. The monoisotopic (exact) mass is 311 g/mol. The van der Waals surface area contributed by atoms with E-state index >= 15 is 0 Å². The van der Waals surface area contributed by atoms with Crippen LogP contribution in [-0.4, -0.2) is 33.5 Å². The van der Waals surface area contributed by atoms with Crippen molar-refractivity contribution in [3.63, 3.8) is 0 Å². The molecular formula is C14H21N3O3S. The van der Waals surface area contributed by atoms with Crippen molar-refractivity contribution in [1.29, 1.82) is 0 Å². The third-order valence-corrected chi connectivity index (χ3v) is 4.74. The fourth-order valence-corrected chi connectivity index (χ4v) is 2.99. The van der Waals surface area contributed by atoms with E-state index < -0.39 is 10.8 Å². The summed E-state index contributed by atoms with van der Waals surface area (Å²) in [5.41, 5.74) is 0.894. The maximum atomic E-state index is 12.1. The number of carbonyl (C=O) groups is 2. The number of nitrogens with one attached hydrogen (secondary N) is 2. The molecule has 1 atom stereocenters. The summed E-state index contributed by atoms with van der Waals surface area (Å²) in [6, 6.07) is 1.36. The molecule has 0 radical (unpaired) electrons. The molecule has 116 valence electrons. The van der Waals surface area contributed by atoms with E-state index in [1.807, 2.05) is 19.9 Å². The number of nitrogens with zero attached hydrogens (tertiary/aromatic N) is 1. The molecule has 1 aliphatic heterocycles. The molecule has 1 aliphatic rings. The number of aromatic nitrogens is 1. The van der Waals surface area contributed by atoms with Crippen LogP contribution in [0.15, 0.2) is 10.6 Å². The maximum absolute atomic E-state index is 12.1. The van der Waals surface area contributed by atoms with Crippen LogP contribution in [0.4, 0.5) is 0 Å². The van der Waals surface area contributed by atoms with E-state index in [1.165, 1.54) is 11.8 Å². The summed E-state index contributed by atoms with van der Waals surface area (Å²) in [4.78, 5) is 23.9. The first kappa shape index (κ1) is 15.9. The minimum Gasteiger partial charge on any atom is -0.359 e. The van der Waals surface area contributed by atoms with Crippen LogP contribution in [0, 0.1) is 0 Å². The predicted octanol–water partition coefficient (Wildman–Crippen LogP) is 1.25. The van der Waals surface area contributed by atoms with Gasteiger partial charge >= 0.3 is 0 Å². The van der Waals surface area contributed by atoms with Crippen molar-refractivity contribution in [2.45, 2.75) is 50.9 Å². The topological polar surface area (TPSA) is 84.2 Å². The van der Waals surface area contributed by atoms with Crippen molar-refractivity contribution >= 4 is 23.6 Å². The Morgan fingerprint density at radius 1 is 1.62 bits per heavy atom. The van der Waals surface area contributed by atoms with Gasteiger partial charge in [-0.05, 0) is 20.3 Å². The third-order valence-electron chi connectivity index (χ3n) is 3.33. The van der Waals surface area contributed by atoms with Gasteiger partial charge in [-0.15, -0.1) is 11.8 Å². The molecule has 0 aliphatic carbocycles. The molecule has 2 rings (SSSR count). The summed E-state index contributed by atoms with van der Waals surface area (Å²) >= 11 is 1.49. The molecule has 0 saturated carbocycles. The molecule has 1 fully saturated rings. The standard InChI is InChI=1S/C14H21N3O3S/c1-4-5-9-6-10(20-17-9)7-15-12(18)11-8-21-14(2,3)13(19)16-11/h6,11H,4-5,7-8H2,1-3H3,(H,15,18)(H,16,19)/t11-/m1/s1. The molecule has 7 heteroatoms. The molecule has 1 saturated heterocycles. The zero-order valence-electron chi connectivity index (χ0n) is 12.6. The number of thioether (sulfide) groups is 1. The van der Waals surface area contributed by atoms with Crippen LogP contribution in [-0.2, 0) is 22.6 Å². The van der Waals surface area contributed by atoms with Crippen LogP contribution in [0.2, 0.25) is 0 Å². The molecule has 0 bridgehead atoms. The molecule has 2 heterocycles. The molecule has 0 unspecified atom stereocenters.